The van der Waals surface area contributed by atoms with Gasteiger partial charge in [0.1, 0.15) is 0 Å². The zero-order valence-electron chi connectivity index (χ0n) is 48.2. The summed E-state index contributed by atoms with van der Waals surface area (Å²) in [5.41, 5.74) is 19.3. The molecule has 0 atom stereocenters. The van der Waals surface area contributed by atoms with Gasteiger partial charge >= 0.3 is 0 Å². The van der Waals surface area contributed by atoms with E-state index in [1.165, 1.54) is 77.9 Å². The van der Waals surface area contributed by atoms with Gasteiger partial charge in [0.05, 0.1) is 0 Å². The SMILES string of the molecule is C.Cc1ccc(C(C)C)cc1.Cc1ccc(C(C)C)cc1.Cc1ccc(C(C)C)cc1.Cc1ccc(C(C)C)cc1.Cc1ccc(C(C)C)cc1.Cc1ccc(C(C)C)cc1.Cc1ccc(C(C)C)cc1. The summed E-state index contributed by atoms with van der Waals surface area (Å²) < 4.78 is 0. The Kier molecular flexibility index (Phi) is 32.9. The summed E-state index contributed by atoms with van der Waals surface area (Å²) in [4.78, 5) is 0. The Morgan fingerprint density at radius 2 is 0.225 bits per heavy atom. The molecule has 0 aliphatic rings. The first-order valence-electron chi connectivity index (χ1n) is 26.4. The molecule has 0 aliphatic heterocycles. The third-order valence-electron chi connectivity index (χ3n) is 12.2. The van der Waals surface area contributed by atoms with Gasteiger partial charge in [0, 0.05) is 0 Å². The van der Waals surface area contributed by atoms with E-state index in [4.69, 9.17) is 0 Å². The van der Waals surface area contributed by atoms with Crippen LogP contribution >= 0.6 is 0 Å². The number of hydrogen-bond donors (Lipinski definition) is 0. The van der Waals surface area contributed by atoms with E-state index in [0.29, 0.717) is 41.4 Å². The molecule has 0 heterocycles. The summed E-state index contributed by atoms with van der Waals surface area (Å²) in [5, 5.41) is 0. The summed E-state index contributed by atoms with van der Waals surface area (Å²) in [5.74, 6) is 4.57. The third-order valence-corrected chi connectivity index (χ3v) is 12.2. The quantitative estimate of drug-likeness (QED) is 0.149. The van der Waals surface area contributed by atoms with E-state index < -0.39 is 0 Å². The normalized spacial score (nSPS) is 10.3. The molecule has 0 saturated heterocycles. The number of benzene rings is 7. The lowest BCUT2D eigenvalue weighted by atomic mass is 10.0. The number of rotatable bonds is 7. The van der Waals surface area contributed by atoms with Gasteiger partial charge in [0.2, 0.25) is 0 Å². The fraction of sp³-hybridized carbons (Fsp3) is 0.408. The molecule has 0 amide bonds. The Bertz CT molecular complexity index is 1840. The predicted octanol–water partition coefficient (Wildman–Crippen LogP) is 22.5. The average molecular weight is 956 g/mol. The van der Waals surface area contributed by atoms with Crippen molar-refractivity contribution < 1.29 is 0 Å². The second-order valence-electron chi connectivity index (χ2n) is 21.5. The summed E-state index contributed by atoms with van der Waals surface area (Å²) in [6, 6.07) is 61.0. The molecule has 0 radical (unpaired) electrons. The molecule has 0 aliphatic carbocycles. The van der Waals surface area contributed by atoms with Crippen LogP contribution in [0.5, 0.6) is 0 Å². The zero-order valence-corrected chi connectivity index (χ0v) is 48.2. The van der Waals surface area contributed by atoms with Crippen LogP contribution in [-0.2, 0) is 0 Å². The molecule has 386 valence electrons. The largest absolute Gasteiger partial charge is 0.0776 e. The molecule has 0 unspecified atom stereocenters. The molecular formula is C71H102. The van der Waals surface area contributed by atoms with Crippen LogP contribution < -0.4 is 0 Å². The lowest BCUT2D eigenvalue weighted by molar-refractivity contribution is 0.866. The van der Waals surface area contributed by atoms with Crippen LogP contribution in [0.15, 0.2) is 170 Å². The van der Waals surface area contributed by atoms with Crippen molar-refractivity contribution in [2.24, 2.45) is 0 Å². The van der Waals surface area contributed by atoms with Gasteiger partial charge in [0.15, 0.2) is 0 Å². The van der Waals surface area contributed by atoms with E-state index in [9.17, 15) is 0 Å². The van der Waals surface area contributed by atoms with Gasteiger partial charge in [-0.25, -0.2) is 0 Å². The first kappa shape index (κ1) is 65.5. The number of hydrogen-bond acceptors (Lipinski definition) is 0. The topological polar surface area (TPSA) is 0 Å². The van der Waals surface area contributed by atoms with E-state index in [2.05, 4.69) is 315 Å². The molecular weight excluding hydrogens is 853 g/mol. The van der Waals surface area contributed by atoms with Crippen LogP contribution in [0.1, 0.15) is 224 Å². The molecule has 0 N–H and O–H groups in total. The van der Waals surface area contributed by atoms with E-state index >= 15 is 0 Å². The van der Waals surface area contributed by atoms with Crippen LogP contribution in [0.4, 0.5) is 0 Å². The molecule has 71 heavy (non-hydrogen) atoms. The minimum atomic E-state index is 0. The minimum Gasteiger partial charge on any atom is -0.0776 e. The summed E-state index contributed by atoms with van der Waals surface area (Å²) in [7, 11) is 0. The second kappa shape index (κ2) is 35.6. The van der Waals surface area contributed by atoms with E-state index in [1.807, 2.05) is 0 Å². The van der Waals surface area contributed by atoms with Crippen LogP contribution in [0.3, 0.4) is 0 Å². The van der Waals surface area contributed by atoms with Crippen LogP contribution in [0.2, 0.25) is 0 Å². The maximum atomic E-state index is 2.21. The monoisotopic (exact) mass is 955 g/mol. The van der Waals surface area contributed by atoms with Crippen LogP contribution in [0, 0.1) is 48.5 Å². The van der Waals surface area contributed by atoms with Crippen LogP contribution in [-0.4, -0.2) is 0 Å². The molecule has 0 spiro atoms. The smallest absolute Gasteiger partial charge is 0.0219 e. The maximum absolute atomic E-state index is 2.21. The highest BCUT2D eigenvalue weighted by Gasteiger charge is 2.00. The Morgan fingerprint density at radius 1 is 0.155 bits per heavy atom. The van der Waals surface area contributed by atoms with Crippen molar-refractivity contribution in [1.29, 1.82) is 0 Å². The second-order valence-corrected chi connectivity index (χ2v) is 21.5. The Morgan fingerprint density at radius 3 is 0.282 bits per heavy atom. The van der Waals surface area contributed by atoms with Crippen molar-refractivity contribution >= 4 is 0 Å². The van der Waals surface area contributed by atoms with Crippen molar-refractivity contribution in [2.75, 3.05) is 0 Å². The Labute approximate surface area is 439 Å². The van der Waals surface area contributed by atoms with Crippen molar-refractivity contribution in [3.63, 3.8) is 0 Å². The molecule has 7 rings (SSSR count). The van der Waals surface area contributed by atoms with Gasteiger partial charge in [-0.2, -0.15) is 0 Å². The fourth-order valence-electron chi connectivity index (χ4n) is 6.66. The van der Waals surface area contributed by atoms with Crippen LogP contribution in [0.25, 0.3) is 0 Å². The Balaban J connectivity index is 0.000000803. The Hall–Kier alpha value is -5.46. The summed E-state index contributed by atoms with van der Waals surface area (Å²) in [6.45, 7) is 45.8. The molecule has 0 heteroatoms. The zero-order chi connectivity index (χ0) is 52.9. The van der Waals surface area contributed by atoms with Gasteiger partial charge < -0.3 is 0 Å². The summed E-state index contributed by atoms with van der Waals surface area (Å²) >= 11 is 0. The minimum absolute atomic E-state index is 0. The van der Waals surface area contributed by atoms with E-state index in [-0.39, 0.29) is 7.43 Å². The average Bonchev–Trinajstić information content (AvgIpc) is 3.31. The highest BCUT2D eigenvalue weighted by atomic mass is 14.1. The lowest BCUT2D eigenvalue weighted by Crippen LogP contribution is -1.85. The van der Waals surface area contributed by atoms with Crippen molar-refractivity contribution in [3.05, 3.63) is 248 Å². The van der Waals surface area contributed by atoms with Gasteiger partial charge in [-0.05, 0) is 129 Å². The van der Waals surface area contributed by atoms with Crippen molar-refractivity contribution in [3.8, 4) is 0 Å². The van der Waals surface area contributed by atoms with Gasteiger partial charge in [0.25, 0.3) is 0 Å². The molecule has 0 aromatic heterocycles. The lowest BCUT2D eigenvalue weighted by Gasteiger charge is -2.03. The molecule has 0 nitrogen and oxygen atoms in total. The molecule has 0 saturated carbocycles. The van der Waals surface area contributed by atoms with Gasteiger partial charge in [-0.15, -0.1) is 0 Å². The number of aryl methyl sites for hydroxylation is 7. The molecule has 0 fully saturated rings. The highest BCUT2D eigenvalue weighted by Crippen LogP contribution is 2.18. The third kappa shape index (κ3) is 29.5. The van der Waals surface area contributed by atoms with Gasteiger partial charge in [-0.3, -0.25) is 0 Å². The fourth-order valence-corrected chi connectivity index (χ4v) is 6.66. The molecule has 7 aromatic carbocycles. The van der Waals surface area contributed by atoms with E-state index in [1.54, 1.807) is 0 Å². The first-order valence-corrected chi connectivity index (χ1v) is 26.4. The van der Waals surface area contributed by atoms with Crippen molar-refractivity contribution in [1.82, 2.24) is 0 Å². The highest BCUT2D eigenvalue weighted by molar-refractivity contribution is 5.28. The molecule has 0 bridgehead atoms. The predicted molar refractivity (Wildman–Crippen MR) is 324 cm³/mol. The van der Waals surface area contributed by atoms with E-state index in [0.717, 1.165) is 0 Å². The standard InChI is InChI=1S/7C10H14.CH4/c7*1-8(2)10-6-4-9(3)5-7-10;/h7*4-8H,1-3H3;1H4. The summed E-state index contributed by atoms with van der Waals surface area (Å²) in [6.07, 6.45) is 0. The van der Waals surface area contributed by atoms with Gasteiger partial charge in [-0.1, -0.05) is 313 Å². The first-order chi connectivity index (χ1) is 32.9. The molecule has 7 aromatic rings. The van der Waals surface area contributed by atoms with Crippen molar-refractivity contribution in [2.45, 2.75) is 194 Å². The maximum Gasteiger partial charge on any atom is -0.0219 e.